The van der Waals surface area contributed by atoms with Crippen molar-refractivity contribution in [3.63, 3.8) is 0 Å². The molecule has 0 aliphatic carbocycles. The lowest BCUT2D eigenvalue weighted by atomic mass is 10.1. The number of hydrogen-bond acceptors (Lipinski definition) is 1. The lowest BCUT2D eigenvalue weighted by Gasteiger charge is -2.03. The smallest absolute Gasteiger partial charge is 0.137 e. The summed E-state index contributed by atoms with van der Waals surface area (Å²) in [4.78, 5) is 7.82. The molecule has 3 nitrogen and oxygen atoms in total. The minimum atomic E-state index is 0.934. The van der Waals surface area contributed by atoms with Crippen LogP contribution in [0.2, 0.25) is 0 Å². The molecule has 24 heavy (non-hydrogen) atoms. The molecule has 0 aliphatic rings. The molecule has 0 amide bonds. The Morgan fingerprint density at radius 2 is 1.79 bits per heavy atom. The number of hydrogen-bond donors (Lipinski definition) is 1. The molecule has 0 radical (unpaired) electrons. The summed E-state index contributed by atoms with van der Waals surface area (Å²) in [5, 5.41) is 3.76. The second-order valence-electron chi connectivity index (χ2n) is 6.12. The van der Waals surface area contributed by atoms with Gasteiger partial charge in [0.2, 0.25) is 0 Å². The number of nitrogens with zero attached hydrogens (tertiary/aromatic N) is 2. The molecule has 2 aromatic carbocycles. The molecule has 3 aromatic heterocycles. The number of aryl methyl sites for hydroxylation is 1. The van der Waals surface area contributed by atoms with Crippen molar-refractivity contribution >= 4 is 32.8 Å². The molecule has 0 saturated heterocycles. The number of nitrogens with one attached hydrogen (secondary N) is 1. The van der Waals surface area contributed by atoms with E-state index in [1.807, 2.05) is 12.3 Å². The fourth-order valence-corrected chi connectivity index (χ4v) is 3.68. The Morgan fingerprint density at radius 3 is 2.67 bits per heavy atom. The van der Waals surface area contributed by atoms with Crippen LogP contribution in [0, 0.1) is 0 Å². The van der Waals surface area contributed by atoms with Gasteiger partial charge in [-0.25, -0.2) is 4.98 Å². The predicted molar refractivity (Wildman–Crippen MR) is 100 cm³/mol. The Bertz CT molecular complexity index is 1160. The van der Waals surface area contributed by atoms with Gasteiger partial charge in [0, 0.05) is 45.6 Å². The molecule has 5 rings (SSSR count). The van der Waals surface area contributed by atoms with E-state index >= 15 is 0 Å². The Labute approximate surface area is 139 Å². The van der Waals surface area contributed by atoms with E-state index in [0.29, 0.717) is 0 Å². The van der Waals surface area contributed by atoms with Crippen molar-refractivity contribution in [2.24, 2.45) is 0 Å². The molecule has 0 spiro atoms. The van der Waals surface area contributed by atoms with Crippen molar-refractivity contribution in [3.8, 4) is 11.3 Å². The summed E-state index contributed by atoms with van der Waals surface area (Å²) < 4.78 is 2.38. The van der Waals surface area contributed by atoms with Gasteiger partial charge < -0.3 is 9.55 Å². The van der Waals surface area contributed by atoms with E-state index in [2.05, 4.69) is 76.1 Å². The van der Waals surface area contributed by atoms with E-state index in [-0.39, 0.29) is 0 Å². The van der Waals surface area contributed by atoms with E-state index in [4.69, 9.17) is 0 Å². The Hall–Kier alpha value is -3.07. The van der Waals surface area contributed by atoms with Gasteiger partial charge in [-0.05, 0) is 48.9 Å². The van der Waals surface area contributed by atoms with Crippen molar-refractivity contribution in [2.75, 3.05) is 0 Å². The summed E-state index contributed by atoms with van der Waals surface area (Å²) in [5.41, 5.74) is 5.82. The summed E-state index contributed by atoms with van der Waals surface area (Å²) >= 11 is 0. The van der Waals surface area contributed by atoms with E-state index < -0.39 is 0 Å². The average Bonchev–Trinajstić information content (AvgIpc) is 3.20. The quantitative estimate of drug-likeness (QED) is 0.468. The summed E-state index contributed by atoms with van der Waals surface area (Å²) in [6, 6.07) is 21.6. The third-order valence-electron chi connectivity index (χ3n) is 4.79. The van der Waals surface area contributed by atoms with Gasteiger partial charge in [-0.2, -0.15) is 0 Å². The maximum Gasteiger partial charge on any atom is 0.137 e. The zero-order chi connectivity index (χ0) is 16.1. The molecular formula is C21H17N3. The van der Waals surface area contributed by atoms with Gasteiger partial charge >= 0.3 is 0 Å². The van der Waals surface area contributed by atoms with E-state index in [9.17, 15) is 0 Å². The van der Waals surface area contributed by atoms with Crippen LogP contribution in [0.4, 0.5) is 0 Å². The summed E-state index contributed by atoms with van der Waals surface area (Å²) in [7, 11) is 0. The number of aromatic nitrogens is 3. The van der Waals surface area contributed by atoms with Crippen LogP contribution in [-0.4, -0.2) is 14.5 Å². The minimum Gasteiger partial charge on any atom is -0.341 e. The standard InChI is InChI=1S/C21H17N3/c1-2-24-19-8-4-3-7-16(19)17-12-14(9-10-20(17)24)18-13-15-6-5-11-22-21(15)23-18/h3-13H,2H2,1H3,(H,22,23). The number of fused-ring (bicyclic) bond motifs is 4. The van der Waals surface area contributed by atoms with Crippen LogP contribution in [-0.2, 0) is 6.54 Å². The molecule has 5 aromatic rings. The topological polar surface area (TPSA) is 33.6 Å². The third kappa shape index (κ3) is 1.81. The first-order valence-corrected chi connectivity index (χ1v) is 8.30. The molecular weight excluding hydrogens is 294 g/mol. The van der Waals surface area contributed by atoms with E-state index in [1.165, 1.54) is 27.4 Å². The Morgan fingerprint density at radius 1 is 0.917 bits per heavy atom. The van der Waals surface area contributed by atoms with Gasteiger partial charge in [-0.3, -0.25) is 0 Å². The summed E-state index contributed by atoms with van der Waals surface area (Å²) in [6.45, 7) is 3.17. The highest BCUT2D eigenvalue weighted by atomic mass is 15.0. The zero-order valence-electron chi connectivity index (χ0n) is 13.5. The van der Waals surface area contributed by atoms with Crippen LogP contribution in [0.3, 0.4) is 0 Å². The SMILES string of the molecule is CCn1c2ccccc2c2cc(-c3cc4cccnc4[nH]3)ccc21. The second kappa shape index (κ2) is 4.96. The largest absolute Gasteiger partial charge is 0.341 e. The van der Waals surface area contributed by atoms with Crippen LogP contribution in [0.1, 0.15) is 6.92 Å². The second-order valence-corrected chi connectivity index (χ2v) is 6.12. The highest BCUT2D eigenvalue weighted by Gasteiger charge is 2.11. The molecule has 3 heterocycles. The molecule has 3 heteroatoms. The molecule has 0 aliphatic heterocycles. The highest BCUT2D eigenvalue weighted by Crippen LogP contribution is 2.33. The minimum absolute atomic E-state index is 0.934. The van der Waals surface area contributed by atoms with Crippen molar-refractivity contribution in [1.82, 2.24) is 14.5 Å². The van der Waals surface area contributed by atoms with E-state index in [1.54, 1.807) is 0 Å². The maximum absolute atomic E-state index is 4.40. The van der Waals surface area contributed by atoms with Crippen LogP contribution in [0.5, 0.6) is 0 Å². The fraction of sp³-hybridized carbons (Fsp3) is 0.0952. The van der Waals surface area contributed by atoms with Gasteiger partial charge in [-0.15, -0.1) is 0 Å². The first-order chi connectivity index (χ1) is 11.8. The molecule has 1 N–H and O–H groups in total. The lowest BCUT2D eigenvalue weighted by Crippen LogP contribution is -1.92. The molecule has 116 valence electrons. The van der Waals surface area contributed by atoms with Gasteiger partial charge in [0.15, 0.2) is 0 Å². The number of para-hydroxylation sites is 1. The number of H-pyrrole nitrogens is 1. The normalized spacial score (nSPS) is 11.7. The molecule has 0 unspecified atom stereocenters. The van der Waals surface area contributed by atoms with Gasteiger partial charge in [-0.1, -0.05) is 24.3 Å². The highest BCUT2D eigenvalue weighted by molar-refractivity contribution is 6.09. The van der Waals surface area contributed by atoms with Crippen molar-refractivity contribution in [2.45, 2.75) is 13.5 Å². The average molecular weight is 311 g/mol. The van der Waals surface area contributed by atoms with Crippen LogP contribution < -0.4 is 0 Å². The number of pyridine rings is 1. The van der Waals surface area contributed by atoms with E-state index in [0.717, 1.165) is 23.3 Å². The van der Waals surface area contributed by atoms with Crippen LogP contribution in [0.25, 0.3) is 44.1 Å². The van der Waals surface area contributed by atoms with Crippen LogP contribution in [0.15, 0.2) is 66.9 Å². The summed E-state index contributed by atoms with van der Waals surface area (Å²) in [6.07, 6.45) is 1.82. The maximum atomic E-state index is 4.40. The number of rotatable bonds is 2. The molecule has 0 saturated carbocycles. The van der Waals surface area contributed by atoms with Crippen molar-refractivity contribution < 1.29 is 0 Å². The fourth-order valence-electron chi connectivity index (χ4n) is 3.68. The number of aromatic amines is 1. The van der Waals surface area contributed by atoms with Gasteiger partial charge in [0.1, 0.15) is 5.65 Å². The molecule has 0 atom stereocenters. The Balaban J connectivity index is 1.80. The Kier molecular flexibility index (Phi) is 2.77. The predicted octanol–water partition coefficient (Wildman–Crippen LogP) is 5.36. The van der Waals surface area contributed by atoms with Gasteiger partial charge in [0.25, 0.3) is 0 Å². The molecule has 0 fully saturated rings. The monoisotopic (exact) mass is 311 g/mol. The molecule has 0 bridgehead atoms. The first kappa shape index (κ1) is 13.4. The third-order valence-corrected chi connectivity index (χ3v) is 4.79. The van der Waals surface area contributed by atoms with Crippen molar-refractivity contribution in [3.05, 3.63) is 66.9 Å². The first-order valence-electron chi connectivity index (χ1n) is 8.30. The van der Waals surface area contributed by atoms with Crippen molar-refractivity contribution in [1.29, 1.82) is 0 Å². The van der Waals surface area contributed by atoms with Gasteiger partial charge in [0.05, 0.1) is 0 Å². The lowest BCUT2D eigenvalue weighted by molar-refractivity contribution is 0.827. The summed E-state index contributed by atoms with van der Waals surface area (Å²) in [5.74, 6) is 0. The zero-order valence-corrected chi connectivity index (χ0v) is 13.5. The number of benzene rings is 2. The van der Waals surface area contributed by atoms with Crippen LogP contribution >= 0.6 is 0 Å².